The quantitative estimate of drug-likeness (QED) is 0.743. The lowest BCUT2D eigenvalue weighted by molar-refractivity contribution is -0.121. The SMILES string of the molecule is Cc1ccc(Cl)cc1N([C@H](C)C(=O)NCCC1CCN(C)CC1)S(C)(=O)=O. The number of sulfonamides is 1. The Morgan fingerprint density at radius 1 is 1.37 bits per heavy atom. The van der Waals surface area contributed by atoms with Gasteiger partial charge in [-0.2, -0.15) is 0 Å². The molecule has 1 atom stereocenters. The van der Waals surface area contributed by atoms with Crippen LogP contribution in [0.5, 0.6) is 0 Å². The van der Waals surface area contributed by atoms with E-state index in [-0.39, 0.29) is 5.91 Å². The van der Waals surface area contributed by atoms with Crippen molar-refractivity contribution < 1.29 is 13.2 Å². The van der Waals surface area contributed by atoms with Crippen LogP contribution in [0, 0.1) is 12.8 Å². The highest BCUT2D eigenvalue weighted by molar-refractivity contribution is 7.92. The number of likely N-dealkylation sites (tertiary alicyclic amines) is 1. The summed E-state index contributed by atoms with van der Waals surface area (Å²) in [6, 6.07) is 4.18. The molecule has 0 radical (unpaired) electrons. The summed E-state index contributed by atoms with van der Waals surface area (Å²) in [6.45, 7) is 6.14. The van der Waals surface area contributed by atoms with Gasteiger partial charge in [-0.15, -0.1) is 0 Å². The lowest BCUT2D eigenvalue weighted by Crippen LogP contribution is -2.48. The number of nitrogens with zero attached hydrogens (tertiary/aromatic N) is 2. The van der Waals surface area contributed by atoms with Crippen molar-refractivity contribution in [2.45, 2.75) is 39.2 Å². The third-order valence-electron chi connectivity index (χ3n) is 5.19. The minimum absolute atomic E-state index is 0.298. The molecule has 1 saturated heterocycles. The van der Waals surface area contributed by atoms with Crippen molar-refractivity contribution in [3.05, 3.63) is 28.8 Å². The number of carbonyl (C=O) groups excluding carboxylic acids is 1. The molecule has 1 fully saturated rings. The van der Waals surface area contributed by atoms with E-state index < -0.39 is 16.1 Å². The van der Waals surface area contributed by atoms with Gasteiger partial charge >= 0.3 is 0 Å². The molecule has 0 unspecified atom stereocenters. The van der Waals surface area contributed by atoms with Crippen LogP contribution in [0.25, 0.3) is 0 Å². The van der Waals surface area contributed by atoms with Gasteiger partial charge in [-0.3, -0.25) is 9.10 Å². The second-order valence-corrected chi connectivity index (χ2v) is 9.79. The molecule has 0 bridgehead atoms. The first kappa shape index (κ1) is 22.0. The number of anilines is 1. The number of halogens is 1. The zero-order valence-corrected chi connectivity index (χ0v) is 18.1. The summed E-state index contributed by atoms with van der Waals surface area (Å²) in [5.41, 5.74) is 1.18. The summed E-state index contributed by atoms with van der Waals surface area (Å²) in [5, 5.41) is 3.34. The number of aryl methyl sites for hydroxylation is 1. The standard InChI is InChI=1S/C19H30ClN3O3S/c1-14-5-6-17(20)13-18(14)23(27(4,25)26)15(2)19(24)21-10-7-16-8-11-22(3)12-9-16/h5-6,13,15-16H,7-12H2,1-4H3,(H,21,24)/t15-/m1/s1. The number of nitrogens with one attached hydrogen (secondary N) is 1. The molecule has 1 amide bonds. The number of rotatable bonds is 7. The van der Waals surface area contributed by atoms with Crippen LogP contribution in [0.3, 0.4) is 0 Å². The molecule has 8 heteroatoms. The second-order valence-electron chi connectivity index (χ2n) is 7.49. The van der Waals surface area contributed by atoms with Crippen molar-refractivity contribution >= 4 is 33.2 Å². The van der Waals surface area contributed by atoms with Gasteiger partial charge in [-0.25, -0.2) is 8.42 Å². The summed E-state index contributed by atoms with van der Waals surface area (Å²) in [7, 11) is -1.52. The number of benzene rings is 1. The van der Waals surface area contributed by atoms with Crippen molar-refractivity contribution in [1.29, 1.82) is 0 Å². The van der Waals surface area contributed by atoms with Crippen LogP contribution in [-0.4, -0.2) is 58.2 Å². The predicted octanol–water partition coefficient (Wildman–Crippen LogP) is 2.65. The highest BCUT2D eigenvalue weighted by Gasteiger charge is 2.30. The van der Waals surface area contributed by atoms with Gasteiger partial charge in [0.2, 0.25) is 15.9 Å². The fourth-order valence-corrected chi connectivity index (χ4v) is 4.89. The normalized spacial score (nSPS) is 17.5. The van der Waals surface area contributed by atoms with E-state index in [1.807, 2.05) is 0 Å². The Bertz CT molecular complexity index is 761. The van der Waals surface area contributed by atoms with Gasteiger partial charge in [-0.1, -0.05) is 17.7 Å². The maximum atomic E-state index is 12.6. The second kappa shape index (κ2) is 9.26. The maximum Gasteiger partial charge on any atom is 0.243 e. The summed E-state index contributed by atoms with van der Waals surface area (Å²) >= 11 is 6.05. The molecule has 0 spiro atoms. The lowest BCUT2D eigenvalue weighted by Gasteiger charge is -2.30. The topological polar surface area (TPSA) is 69.7 Å². The predicted molar refractivity (Wildman–Crippen MR) is 111 cm³/mol. The van der Waals surface area contributed by atoms with Crippen molar-refractivity contribution in [1.82, 2.24) is 10.2 Å². The molecular weight excluding hydrogens is 386 g/mol. The van der Waals surface area contributed by atoms with Crippen LogP contribution in [0.15, 0.2) is 18.2 Å². The van der Waals surface area contributed by atoms with Crippen molar-refractivity contribution in [2.24, 2.45) is 5.92 Å². The molecular formula is C19H30ClN3O3S. The fraction of sp³-hybridized carbons (Fsp3) is 0.632. The summed E-state index contributed by atoms with van der Waals surface area (Å²) in [5.74, 6) is 0.311. The van der Waals surface area contributed by atoms with Crippen LogP contribution in [0.1, 0.15) is 31.7 Å². The fourth-order valence-electron chi connectivity index (χ4n) is 3.50. The molecule has 1 aliphatic rings. The third kappa shape index (κ3) is 6.09. The van der Waals surface area contributed by atoms with E-state index in [0.717, 1.165) is 48.5 Å². The first-order valence-corrected chi connectivity index (χ1v) is 11.5. The van der Waals surface area contributed by atoms with Crippen LogP contribution < -0.4 is 9.62 Å². The van der Waals surface area contributed by atoms with E-state index in [4.69, 9.17) is 11.6 Å². The van der Waals surface area contributed by atoms with Crippen molar-refractivity contribution in [2.75, 3.05) is 37.2 Å². The minimum Gasteiger partial charge on any atom is -0.354 e. The van der Waals surface area contributed by atoms with E-state index in [0.29, 0.717) is 23.2 Å². The Balaban J connectivity index is 2.03. The van der Waals surface area contributed by atoms with Crippen molar-refractivity contribution in [3.8, 4) is 0 Å². The molecule has 0 aromatic heterocycles. The van der Waals surface area contributed by atoms with Gasteiger partial charge in [0.1, 0.15) is 6.04 Å². The van der Waals surface area contributed by atoms with Crippen LogP contribution in [0.4, 0.5) is 5.69 Å². The highest BCUT2D eigenvalue weighted by Crippen LogP contribution is 2.28. The van der Waals surface area contributed by atoms with Crippen LogP contribution in [0.2, 0.25) is 5.02 Å². The molecule has 1 N–H and O–H groups in total. The Labute approximate surface area is 167 Å². The first-order chi connectivity index (χ1) is 12.6. The van der Waals surface area contributed by atoms with E-state index in [2.05, 4.69) is 17.3 Å². The highest BCUT2D eigenvalue weighted by atomic mass is 35.5. The molecule has 6 nitrogen and oxygen atoms in total. The van der Waals surface area contributed by atoms with Gasteiger partial charge in [0, 0.05) is 11.6 Å². The molecule has 1 aromatic rings. The first-order valence-electron chi connectivity index (χ1n) is 9.31. The number of piperidine rings is 1. The lowest BCUT2D eigenvalue weighted by atomic mass is 9.94. The van der Waals surface area contributed by atoms with Gasteiger partial charge in [-0.05, 0) is 76.9 Å². The molecule has 1 aliphatic heterocycles. The van der Waals surface area contributed by atoms with Gasteiger partial charge in [0.15, 0.2) is 0 Å². The molecule has 27 heavy (non-hydrogen) atoms. The Morgan fingerprint density at radius 2 is 2.00 bits per heavy atom. The third-order valence-corrected chi connectivity index (χ3v) is 6.65. The average molecular weight is 416 g/mol. The van der Waals surface area contributed by atoms with E-state index >= 15 is 0 Å². The van der Waals surface area contributed by atoms with Crippen LogP contribution >= 0.6 is 11.6 Å². The zero-order valence-electron chi connectivity index (χ0n) is 16.5. The van der Waals surface area contributed by atoms with Gasteiger partial charge in [0.25, 0.3) is 0 Å². The largest absolute Gasteiger partial charge is 0.354 e. The number of hydrogen-bond acceptors (Lipinski definition) is 4. The molecule has 1 aromatic carbocycles. The average Bonchev–Trinajstić information content (AvgIpc) is 2.58. The zero-order chi connectivity index (χ0) is 20.2. The molecule has 0 saturated carbocycles. The van der Waals surface area contributed by atoms with Crippen LogP contribution in [-0.2, 0) is 14.8 Å². The molecule has 1 heterocycles. The Morgan fingerprint density at radius 3 is 2.59 bits per heavy atom. The summed E-state index contributed by atoms with van der Waals surface area (Å²) in [6.07, 6.45) is 4.30. The Kier molecular flexibility index (Phi) is 7.54. The van der Waals surface area contributed by atoms with E-state index in [1.54, 1.807) is 32.0 Å². The number of hydrogen-bond donors (Lipinski definition) is 1. The van der Waals surface area contributed by atoms with Gasteiger partial charge in [0.05, 0.1) is 11.9 Å². The number of carbonyl (C=O) groups is 1. The molecule has 2 rings (SSSR count). The summed E-state index contributed by atoms with van der Waals surface area (Å²) in [4.78, 5) is 14.9. The smallest absolute Gasteiger partial charge is 0.243 e. The van der Waals surface area contributed by atoms with Crippen molar-refractivity contribution in [3.63, 3.8) is 0 Å². The molecule has 0 aliphatic carbocycles. The van der Waals surface area contributed by atoms with E-state index in [9.17, 15) is 13.2 Å². The number of amides is 1. The van der Waals surface area contributed by atoms with Gasteiger partial charge < -0.3 is 10.2 Å². The minimum atomic E-state index is -3.64. The van der Waals surface area contributed by atoms with E-state index in [1.165, 1.54) is 0 Å². The Hall–Kier alpha value is -1.31. The molecule has 152 valence electrons. The summed E-state index contributed by atoms with van der Waals surface area (Å²) < 4.78 is 25.9. The maximum absolute atomic E-state index is 12.6. The monoisotopic (exact) mass is 415 g/mol.